The topological polar surface area (TPSA) is 9.23 Å². The Kier molecular flexibility index (Phi) is 4.27. The van der Waals surface area contributed by atoms with Gasteiger partial charge in [-0.15, -0.1) is 6.58 Å². The van der Waals surface area contributed by atoms with Crippen LogP contribution in [0.5, 0.6) is 0 Å². The van der Waals surface area contributed by atoms with Crippen LogP contribution in [0.1, 0.15) is 17.5 Å². The van der Waals surface area contributed by atoms with Crippen molar-refractivity contribution in [2.24, 2.45) is 0 Å². The van der Waals surface area contributed by atoms with Crippen LogP contribution < -0.4 is 0 Å². The van der Waals surface area contributed by atoms with Gasteiger partial charge >= 0.3 is 0 Å². The molecule has 13 heavy (non-hydrogen) atoms. The molecule has 0 heterocycles. The van der Waals surface area contributed by atoms with Crippen molar-refractivity contribution < 1.29 is 4.74 Å². The van der Waals surface area contributed by atoms with E-state index in [1.165, 1.54) is 11.1 Å². The fourth-order valence-electron chi connectivity index (χ4n) is 1.31. The molecule has 1 heteroatoms. The van der Waals surface area contributed by atoms with Crippen LogP contribution in [0.25, 0.3) is 0 Å². The smallest absolute Gasteiger partial charge is 0.0713 e. The van der Waals surface area contributed by atoms with Gasteiger partial charge < -0.3 is 4.74 Å². The number of rotatable bonds is 5. The Balaban J connectivity index is 2.61. The monoisotopic (exact) mass is 176 g/mol. The molecule has 1 aromatic rings. The average Bonchev–Trinajstić information content (AvgIpc) is 2.16. The Hall–Kier alpha value is -1.08. The molecule has 0 unspecified atom stereocenters. The van der Waals surface area contributed by atoms with Crippen LogP contribution in [0.4, 0.5) is 0 Å². The van der Waals surface area contributed by atoms with Gasteiger partial charge in [-0.2, -0.15) is 0 Å². The van der Waals surface area contributed by atoms with Crippen LogP contribution in [0, 0.1) is 0 Å². The number of hydrogen-bond acceptors (Lipinski definition) is 1. The molecule has 0 aromatic heterocycles. The summed E-state index contributed by atoms with van der Waals surface area (Å²) in [5, 5.41) is 0. The van der Waals surface area contributed by atoms with Gasteiger partial charge in [-0.3, -0.25) is 0 Å². The van der Waals surface area contributed by atoms with Crippen LogP contribution in [-0.4, -0.2) is 7.11 Å². The van der Waals surface area contributed by atoms with Gasteiger partial charge in [0, 0.05) is 7.11 Å². The largest absolute Gasteiger partial charge is 0.380 e. The summed E-state index contributed by atoms with van der Waals surface area (Å²) in [6, 6.07) is 8.49. The molecule has 0 spiro atoms. The third kappa shape index (κ3) is 3.43. The van der Waals surface area contributed by atoms with E-state index in [0.29, 0.717) is 6.61 Å². The predicted octanol–water partition coefficient (Wildman–Crippen LogP) is 2.95. The van der Waals surface area contributed by atoms with E-state index in [2.05, 4.69) is 30.8 Å². The molecule has 0 atom stereocenters. The van der Waals surface area contributed by atoms with E-state index in [-0.39, 0.29) is 0 Å². The summed E-state index contributed by atoms with van der Waals surface area (Å²) in [4.78, 5) is 0. The highest BCUT2D eigenvalue weighted by atomic mass is 16.5. The van der Waals surface area contributed by atoms with Crippen molar-refractivity contribution in [1.29, 1.82) is 0 Å². The highest BCUT2D eigenvalue weighted by Crippen LogP contribution is 2.08. The highest BCUT2D eigenvalue weighted by molar-refractivity contribution is 5.23. The van der Waals surface area contributed by atoms with Crippen LogP contribution in [0.3, 0.4) is 0 Å². The summed E-state index contributed by atoms with van der Waals surface area (Å²) in [5.74, 6) is 0. The molecule has 0 radical (unpaired) electrons. The molecule has 1 nitrogen and oxygen atoms in total. The molecule has 0 saturated heterocycles. The first kappa shape index (κ1) is 10.0. The van der Waals surface area contributed by atoms with Crippen LogP contribution in [-0.2, 0) is 17.8 Å². The lowest BCUT2D eigenvalue weighted by Gasteiger charge is -2.02. The first-order chi connectivity index (χ1) is 6.36. The molecular weight excluding hydrogens is 160 g/mol. The molecule has 1 rings (SSSR count). The Bertz CT molecular complexity index is 266. The van der Waals surface area contributed by atoms with E-state index in [1.54, 1.807) is 7.11 Å². The first-order valence-corrected chi connectivity index (χ1v) is 4.54. The summed E-state index contributed by atoms with van der Waals surface area (Å²) in [5.41, 5.74) is 2.60. The summed E-state index contributed by atoms with van der Waals surface area (Å²) in [6.45, 7) is 4.41. The zero-order valence-electron chi connectivity index (χ0n) is 8.12. The number of ether oxygens (including phenoxy) is 1. The predicted molar refractivity (Wildman–Crippen MR) is 55.7 cm³/mol. The minimum atomic E-state index is 0.696. The SMILES string of the molecule is C=CCCc1cccc(COC)c1. The van der Waals surface area contributed by atoms with Crippen molar-refractivity contribution in [3.05, 3.63) is 48.0 Å². The first-order valence-electron chi connectivity index (χ1n) is 4.54. The standard InChI is InChI=1S/C12H16O/c1-3-4-6-11-7-5-8-12(9-11)10-13-2/h3,5,7-9H,1,4,6,10H2,2H3. The van der Waals surface area contributed by atoms with Gasteiger partial charge in [-0.25, -0.2) is 0 Å². The summed E-state index contributed by atoms with van der Waals surface area (Å²) in [6.07, 6.45) is 4.06. The van der Waals surface area contributed by atoms with Crippen molar-refractivity contribution >= 4 is 0 Å². The van der Waals surface area contributed by atoms with Crippen LogP contribution >= 0.6 is 0 Å². The van der Waals surface area contributed by atoms with E-state index in [4.69, 9.17) is 4.74 Å². The summed E-state index contributed by atoms with van der Waals surface area (Å²) < 4.78 is 5.07. The maximum Gasteiger partial charge on any atom is 0.0713 e. The quantitative estimate of drug-likeness (QED) is 0.627. The lowest BCUT2D eigenvalue weighted by Crippen LogP contribution is -1.90. The van der Waals surface area contributed by atoms with Crippen LogP contribution in [0.15, 0.2) is 36.9 Å². The average molecular weight is 176 g/mol. The van der Waals surface area contributed by atoms with Gasteiger partial charge in [-0.1, -0.05) is 30.3 Å². The van der Waals surface area contributed by atoms with Crippen LogP contribution in [0.2, 0.25) is 0 Å². The molecule has 1 aromatic carbocycles. The minimum Gasteiger partial charge on any atom is -0.380 e. The maximum absolute atomic E-state index is 5.07. The Morgan fingerprint density at radius 2 is 2.15 bits per heavy atom. The summed E-state index contributed by atoms with van der Waals surface area (Å²) >= 11 is 0. The molecule has 0 N–H and O–H groups in total. The van der Waals surface area contributed by atoms with E-state index < -0.39 is 0 Å². The zero-order chi connectivity index (χ0) is 9.52. The van der Waals surface area contributed by atoms with E-state index in [1.807, 2.05) is 6.08 Å². The second-order valence-corrected chi connectivity index (χ2v) is 3.08. The lowest BCUT2D eigenvalue weighted by molar-refractivity contribution is 0.185. The van der Waals surface area contributed by atoms with Crippen molar-refractivity contribution in [3.8, 4) is 0 Å². The molecule has 0 aliphatic heterocycles. The molecule has 70 valence electrons. The Labute approximate surface area is 80.0 Å². The number of aryl methyl sites for hydroxylation is 1. The van der Waals surface area contributed by atoms with E-state index >= 15 is 0 Å². The number of hydrogen-bond donors (Lipinski definition) is 0. The van der Waals surface area contributed by atoms with Crippen molar-refractivity contribution in [3.63, 3.8) is 0 Å². The molecule has 0 saturated carbocycles. The van der Waals surface area contributed by atoms with Gasteiger partial charge in [0.05, 0.1) is 6.61 Å². The van der Waals surface area contributed by atoms with Gasteiger partial charge in [0.2, 0.25) is 0 Å². The molecule has 0 amide bonds. The summed E-state index contributed by atoms with van der Waals surface area (Å²) in [7, 11) is 1.72. The fourth-order valence-corrected chi connectivity index (χ4v) is 1.31. The zero-order valence-corrected chi connectivity index (χ0v) is 8.12. The third-order valence-electron chi connectivity index (χ3n) is 1.94. The van der Waals surface area contributed by atoms with Gasteiger partial charge in [-0.05, 0) is 24.0 Å². The van der Waals surface area contributed by atoms with E-state index in [0.717, 1.165) is 12.8 Å². The maximum atomic E-state index is 5.07. The Morgan fingerprint density at radius 1 is 1.38 bits per heavy atom. The Morgan fingerprint density at radius 3 is 2.85 bits per heavy atom. The second-order valence-electron chi connectivity index (χ2n) is 3.08. The number of benzene rings is 1. The lowest BCUT2D eigenvalue weighted by atomic mass is 10.1. The molecule has 0 fully saturated rings. The fraction of sp³-hybridized carbons (Fsp3) is 0.333. The number of allylic oxidation sites excluding steroid dienone is 1. The minimum absolute atomic E-state index is 0.696. The van der Waals surface area contributed by atoms with Gasteiger partial charge in [0.25, 0.3) is 0 Å². The normalized spacial score (nSPS) is 9.92. The molecular formula is C12H16O. The van der Waals surface area contributed by atoms with Crippen molar-refractivity contribution in [2.75, 3.05) is 7.11 Å². The highest BCUT2D eigenvalue weighted by Gasteiger charge is 1.94. The van der Waals surface area contributed by atoms with Crippen molar-refractivity contribution in [1.82, 2.24) is 0 Å². The second kappa shape index (κ2) is 5.55. The molecule has 0 bridgehead atoms. The van der Waals surface area contributed by atoms with Crippen molar-refractivity contribution in [2.45, 2.75) is 19.4 Å². The molecule has 0 aliphatic rings. The third-order valence-corrected chi connectivity index (χ3v) is 1.94. The van der Waals surface area contributed by atoms with Gasteiger partial charge in [0.1, 0.15) is 0 Å². The van der Waals surface area contributed by atoms with E-state index in [9.17, 15) is 0 Å². The molecule has 0 aliphatic carbocycles. The number of methoxy groups -OCH3 is 1. The van der Waals surface area contributed by atoms with Gasteiger partial charge in [0.15, 0.2) is 0 Å².